The molecule has 1 aromatic heterocycles. The molecule has 278 valence electrons. The third kappa shape index (κ3) is 5.85. The highest BCUT2D eigenvalue weighted by Crippen LogP contribution is 2.51. The maximum atomic E-state index is 6.30. The number of hydrogen-bond acceptors (Lipinski definition) is 2. The van der Waals surface area contributed by atoms with Gasteiger partial charge in [0.05, 0.1) is 25.6 Å². The number of benzene rings is 5. The molecule has 0 atom stereocenters. The van der Waals surface area contributed by atoms with E-state index in [1.165, 1.54) is 146 Å². The number of ether oxygens (including phenoxy) is 2. The van der Waals surface area contributed by atoms with Gasteiger partial charge in [-0.3, -0.25) is 0 Å². The van der Waals surface area contributed by atoms with E-state index in [0.29, 0.717) is 0 Å². The zero-order valence-electron chi connectivity index (χ0n) is 32.7. The summed E-state index contributed by atoms with van der Waals surface area (Å²) < 4.78 is 15.2. The highest BCUT2D eigenvalue weighted by Gasteiger charge is 2.30. The van der Waals surface area contributed by atoms with E-state index >= 15 is 0 Å². The van der Waals surface area contributed by atoms with Crippen molar-refractivity contribution in [2.24, 2.45) is 0 Å². The Morgan fingerprint density at radius 3 is 1.13 bits per heavy atom. The van der Waals surface area contributed by atoms with Crippen molar-refractivity contribution in [2.75, 3.05) is 14.2 Å². The van der Waals surface area contributed by atoms with Crippen molar-refractivity contribution in [2.45, 2.75) is 103 Å². The minimum absolute atomic E-state index is 1.01. The van der Waals surface area contributed by atoms with Gasteiger partial charge in [0.15, 0.2) is 0 Å². The van der Waals surface area contributed by atoms with Gasteiger partial charge in [-0.25, -0.2) is 0 Å². The fraction of sp³-hybridized carbons (Fsp3) is 0.346. The van der Waals surface area contributed by atoms with Crippen LogP contribution in [-0.4, -0.2) is 18.8 Å². The Bertz CT molecular complexity index is 2270. The molecule has 0 amide bonds. The average Bonchev–Trinajstić information content (AvgIpc) is 3.70. The standard InChI is InChI=1S/C52H53NO2/c1-54-47-32-26-36-16-8-12-22-41(36)51(47)49-39-20-10-6-14-34(39)24-28-43(49)45-30-31-46(53(45)38-18-4-3-5-19-38)44-29-25-35-15-7-11-21-40(35)50(44)52-42-23-13-9-17-37(42)27-33-48(52)55-2/h3-5,18-19,24-33H,6-17,20-23H2,1-2H3. The Morgan fingerprint density at radius 2 is 0.727 bits per heavy atom. The van der Waals surface area contributed by atoms with E-state index in [-0.39, 0.29) is 0 Å². The van der Waals surface area contributed by atoms with Crippen LogP contribution in [0.15, 0.2) is 91.0 Å². The maximum Gasteiger partial charge on any atom is 0.127 e. The largest absolute Gasteiger partial charge is 0.496 e. The molecule has 0 aliphatic heterocycles. The number of aryl methyl sites for hydroxylation is 4. The second-order valence-corrected chi connectivity index (χ2v) is 16.4. The zero-order chi connectivity index (χ0) is 36.9. The lowest BCUT2D eigenvalue weighted by Crippen LogP contribution is -2.12. The predicted octanol–water partition coefficient (Wildman–Crippen LogP) is 12.7. The first kappa shape index (κ1) is 34.5. The Balaban J connectivity index is 1.28. The van der Waals surface area contributed by atoms with Gasteiger partial charge in [0, 0.05) is 27.9 Å². The summed E-state index contributed by atoms with van der Waals surface area (Å²) in [5, 5.41) is 0. The van der Waals surface area contributed by atoms with Gasteiger partial charge in [0.1, 0.15) is 11.5 Å². The van der Waals surface area contributed by atoms with Crippen molar-refractivity contribution in [3.63, 3.8) is 0 Å². The highest BCUT2D eigenvalue weighted by atomic mass is 16.5. The van der Waals surface area contributed by atoms with Gasteiger partial charge in [-0.15, -0.1) is 0 Å². The van der Waals surface area contributed by atoms with E-state index in [0.717, 1.165) is 62.9 Å². The number of aromatic nitrogens is 1. The number of para-hydroxylation sites is 1. The lowest BCUT2D eigenvalue weighted by molar-refractivity contribution is 0.415. The van der Waals surface area contributed by atoms with Gasteiger partial charge >= 0.3 is 0 Å². The summed E-state index contributed by atoms with van der Waals surface area (Å²) >= 11 is 0. The van der Waals surface area contributed by atoms with Gasteiger partial charge in [0.2, 0.25) is 0 Å². The van der Waals surface area contributed by atoms with Crippen LogP contribution in [0.4, 0.5) is 0 Å². The first-order chi connectivity index (χ1) is 27.2. The molecule has 3 nitrogen and oxygen atoms in total. The fourth-order valence-corrected chi connectivity index (χ4v) is 10.9. The SMILES string of the molecule is COc1ccc2c(c1-c1c(-c3ccc(-c4ccc5c(c4-c4c(OC)ccc6c4CCCC6)CCCC5)n3-c3ccccc3)ccc3c1CCCC3)CCCC2. The van der Waals surface area contributed by atoms with Gasteiger partial charge in [-0.05, 0) is 195 Å². The molecule has 3 heteroatoms. The zero-order valence-corrected chi connectivity index (χ0v) is 32.7. The van der Waals surface area contributed by atoms with Crippen molar-refractivity contribution in [1.29, 1.82) is 0 Å². The summed E-state index contributed by atoms with van der Waals surface area (Å²) in [7, 11) is 3.73. The van der Waals surface area contributed by atoms with Crippen molar-refractivity contribution >= 4 is 0 Å². The normalized spacial score (nSPS) is 16.1. The molecular formula is C52H53NO2. The molecule has 0 bridgehead atoms. The first-order valence-electron chi connectivity index (χ1n) is 21.2. The number of rotatable bonds is 7. The quantitative estimate of drug-likeness (QED) is 0.164. The number of hydrogen-bond donors (Lipinski definition) is 0. The molecule has 0 N–H and O–H groups in total. The lowest BCUT2D eigenvalue weighted by Gasteiger charge is -2.29. The van der Waals surface area contributed by atoms with Crippen molar-refractivity contribution in [3.8, 4) is 62.0 Å². The smallest absolute Gasteiger partial charge is 0.127 e. The second-order valence-electron chi connectivity index (χ2n) is 16.4. The molecule has 10 rings (SSSR count). The second kappa shape index (κ2) is 14.6. The summed E-state index contributed by atoms with van der Waals surface area (Å²) in [5.74, 6) is 2.02. The Kier molecular flexibility index (Phi) is 9.13. The van der Waals surface area contributed by atoms with Gasteiger partial charge in [-0.2, -0.15) is 0 Å². The van der Waals surface area contributed by atoms with Crippen molar-refractivity contribution in [3.05, 3.63) is 136 Å². The summed E-state index contributed by atoms with van der Waals surface area (Å²) in [5.41, 5.74) is 23.8. The molecule has 0 fully saturated rings. The minimum atomic E-state index is 1.01. The average molecular weight is 724 g/mol. The highest BCUT2D eigenvalue weighted by molar-refractivity contribution is 5.95. The summed E-state index contributed by atoms with van der Waals surface area (Å²) in [6.07, 6.45) is 19.0. The number of methoxy groups -OCH3 is 2. The van der Waals surface area contributed by atoms with Crippen LogP contribution in [-0.2, 0) is 51.4 Å². The molecule has 0 saturated carbocycles. The van der Waals surface area contributed by atoms with Gasteiger partial charge < -0.3 is 14.0 Å². The van der Waals surface area contributed by atoms with E-state index in [9.17, 15) is 0 Å². The van der Waals surface area contributed by atoms with Crippen LogP contribution in [0.3, 0.4) is 0 Å². The molecule has 0 saturated heterocycles. The minimum Gasteiger partial charge on any atom is -0.496 e. The van der Waals surface area contributed by atoms with Crippen LogP contribution in [0.5, 0.6) is 11.5 Å². The topological polar surface area (TPSA) is 23.4 Å². The third-order valence-corrected chi connectivity index (χ3v) is 13.4. The van der Waals surface area contributed by atoms with E-state index in [4.69, 9.17) is 9.47 Å². The third-order valence-electron chi connectivity index (χ3n) is 13.4. The van der Waals surface area contributed by atoms with E-state index in [2.05, 4.69) is 95.6 Å². The fourth-order valence-electron chi connectivity index (χ4n) is 10.9. The van der Waals surface area contributed by atoms with Gasteiger partial charge in [0.25, 0.3) is 0 Å². The molecule has 0 radical (unpaired) electrons. The van der Waals surface area contributed by atoms with Crippen LogP contribution < -0.4 is 9.47 Å². The van der Waals surface area contributed by atoms with Gasteiger partial charge in [-0.1, -0.05) is 54.6 Å². The Morgan fingerprint density at radius 1 is 0.364 bits per heavy atom. The van der Waals surface area contributed by atoms with Crippen LogP contribution in [0.25, 0.3) is 50.5 Å². The van der Waals surface area contributed by atoms with Crippen molar-refractivity contribution < 1.29 is 9.47 Å². The Labute approximate surface area is 327 Å². The van der Waals surface area contributed by atoms with Crippen molar-refractivity contribution in [1.82, 2.24) is 4.57 Å². The maximum absolute atomic E-state index is 6.30. The molecule has 0 unspecified atom stereocenters. The summed E-state index contributed by atoms with van der Waals surface area (Å²) in [6.45, 7) is 0. The van der Waals surface area contributed by atoms with Crippen LogP contribution in [0.1, 0.15) is 95.9 Å². The molecule has 0 spiro atoms. The first-order valence-corrected chi connectivity index (χ1v) is 21.2. The summed E-state index contributed by atoms with van der Waals surface area (Å²) in [6, 6.07) is 34.9. The monoisotopic (exact) mass is 723 g/mol. The summed E-state index contributed by atoms with van der Waals surface area (Å²) in [4.78, 5) is 0. The Hall–Kier alpha value is -5.02. The number of fused-ring (bicyclic) bond motifs is 4. The van der Waals surface area contributed by atoms with Crippen LogP contribution in [0.2, 0.25) is 0 Å². The molecule has 4 aliphatic rings. The molecule has 6 aromatic rings. The molecular weight excluding hydrogens is 671 g/mol. The predicted molar refractivity (Wildman–Crippen MR) is 227 cm³/mol. The number of nitrogens with zero attached hydrogens (tertiary/aromatic N) is 1. The molecule has 1 heterocycles. The molecule has 55 heavy (non-hydrogen) atoms. The molecule has 5 aromatic carbocycles. The van der Waals surface area contributed by atoms with E-state index in [1.54, 1.807) is 0 Å². The van der Waals surface area contributed by atoms with Crippen LogP contribution in [0, 0.1) is 0 Å². The van der Waals surface area contributed by atoms with E-state index < -0.39 is 0 Å². The van der Waals surface area contributed by atoms with E-state index in [1.807, 2.05) is 14.2 Å². The molecule has 4 aliphatic carbocycles. The van der Waals surface area contributed by atoms with Crippen LogP contribution >= 0.6 is 0 Å². The lowest BCUT2D eigenvalue weighted by atomic mass is 9.78.